The predicted octanol–water partition coefficient (Wildman–Crippen LogP) is 3.89. The van der Waals surface area contributed by atoms with Gasteiger partial charge in [-0.1, -0.05) is 32.6 Å². The lowest BCUT2D eigenvalue weighted by Gasteiger charge is -2.47. The molecule has 0 radical (unpaired) electrons. The van der Waals surface area contributed by atoms with E-state index >= 15 is 0 Å². The maximum absolute atomic E-state index is 11.8. The summed E-state index contributed by atoms with van der Waals surface area (Å²) in [6.07, 6.45) is 2.48. The number of rotatable bonds is 7. The number of carbonyl (C=O) groups excluding carboxylic acids is 1. The third-order valence-corrected chi connectivity index (χ3v) is 5.52. The van der Waals surface area contributed by atoms with E-state index in [4.69, 9.17) is 0 Å². The smallest absolute Gasteiger partial charge is 0.246 e. The summed E-state index contributed by atoms with van der Waals surface area (Å²) in [5.41, 5.74) is 2.70. The van der Waals surface area contributed by atoms with Crippen LogP contribution in [0, 0.1) is 0 Å². The van der Waals surface area contributed by atoms with Crippen molar-refractivity contribution in [3.63, 3.8) is 0 Å². The number of carbonyl (C=O) groups is 1. The van der Waals surface area contributed by atoms with Crippen molar-refractivity contribution < 1.29 is 4.79 Å². The van der Waals surface area contributed by atoms with Gasteiger partial charge in [-0.05, 0) is 56.4 Å². The Labute approximate surface area is 159 Å². The quantitative estimate of drug-likeness (QED) is 0.752. The van der Waals surface area contributed by atoms with E-state index in [1.807, 2.05) is 4.90 Å². The molecular formula is C22H35N3O. The third-order valence-electron chi connectivity index (χ3n) is 5.52. The Morgan fingerprint density at radius 3 is 2.42 bits per heavy atom. The summed E-state index contributed by atoms with van der Waals surface area (Å²) in [5, 5.41) is 3.41. The van der Waals surface area contributed by atoms with Crippen molar-refractivity contribution in [2.24, 2.45) is 0 Å². The van der Waals surface area contributed by atoms with E-state index in [9.17, 15) is 4.79 Å². The van der Waals surface area contributed by atoms with Gasteiger partial charge in [0.1, 0.15) is 0 Å². The average molecular weight is 358 g/mol. The third kappa shape index (κ3) is 4.88. The maximum atomic E-state index is 11.8. The Bertz CT molecular complexity index is 628. The molecule has 0 bridgehead atoms. The maximum Gasteiger partial charge on any atom is 0.246 e. The fourth-order valence-electron chi connectivity index (χ4n) is 4.21. The molecule has 26 heavy (non-hydrogen) atoms. The summed E-state index contributed by atoms with van der Waals surface area (Å²) in [7, 11) is 0. The molecule has 0 aliphatic carbocycles. The molecule has 0 aromatic heterocycles. The molecule has 1 N–H and O–H groups in total. The molecule has 4 heteroatoms. The molecule has 1 aliphatic rings. The summed E-state index contributed by atoms with van der Waals surface area (Å²) in [4.78, 5) is 16.2. The van der Waals surface area contributed by atoms with E-state index in [0.717, 1.165) is 39.1 Å². The van der Waals surface area contributed by atoms with Crippen LogP contribution in [-0.4, -0.2) is 54.0 Å². The van der Waals surface area contributed by atoms with E-state index < -0.39 is 0 Å². The largest absolute Gasteiger partial charge is 0.385 e. The highest BCUT2D eigenvalue weighted by Gasteiger charge is 2.36. The van der Waals surface area contributed by atoms with Crippen LogP contribution in [0.5, 0.6) is 0 Å². The Morgan fingerprint density at radius 1 is 1.19 bits per heavy atom. The number of hydrogen-bond donors (Lipinski definition) is 1. The average Bonchev–Trinajstić information content (AvgIpc) is 2.61. The first-order valence-electron chi connectivity index (χ1n) is 9.70. The molecule has 0 spiro atoms. The van der Waals surface area contributed by atoms with E-state index in [2.05, 4.69) is 75.7 Å². The summed E-state index contributed by atoms with van der Waals surface area (Å²) in [5.74, 6) is 0.0445. The summed E-state index contributed by atoms with van der Waals surface area (Å²) >= 11 is 0. The number of nitrogens with one attached hydrogen (secondary N) is 1. The van der Waals surface area contributed by atoms with Crippen LogP contribution in [0.25, 0.3) is 0 Å². The van der Waals surface area contributed by atoms with Crippen LogP contribution in [0.4, 0.5) is 5.69 Å². The Morgan fingerprint density at radius 2 is 1.85 bits per heavy atom. The van der Waals surface area contributed by atoms with Gasteiger partial charge in [0.15, 0.2) is 0 Å². The Hall–Kier alpha value is -1.81. The van der Waals surface area contributed by atoms with Gasteiger partial charge in [0.05, 0.1) is 0 Å². The molecule has 2 rings (SSSR count). The highest BCUT2D eigenvalue weighted by atomic mass is 16.2. The zero-order chi connectivity index (χ0) is 19.4. The minimum Gasteiger partial charge on any atom is -0.385 e. The topological polar surface area (TPSA) is 35.6 Å². The van der Waals surface area contributed by atoms with Crippen molar-refractivity contribution >= 4 is 11.6 Å². The number of hydrogen-bond acceptors (Lipinski definition) is 3. The van der Waals surface area contributed by atoms with E-state index in [0.29, 0.717) is 0 Å². The van der Waals surface area contributed by atoms with E-state index in [1.54, 1.807) is 0 Å². The first-order chi connectivity index (χ1) is 12.2. The van der Waals surface area contributed by atoms with Gasteiger partial charge >= 0.3 is 0 Å². The lowest BCUT2D eigenvalue weighted by Crippen LogP contribution is -2.56. The van der Waals surface area contributed by atoms with Crippen molar-refractivity contribution in [1.29, 1.82) is 0 Å². The second-order valence-corrected chi connectivity index (χ2v) is 8.50. The highest BCUT2D eigenvalue weighted by molar-refractivity contribution is 5.87. The first-order valence-corrected chi connectivity index (χ1v) is 9.70. The standard InChI is InChI=1S/C22H35N3O/c1-7-20(26)24-12-14-25(15-13-24)22(5,6)17-21(3,4)18-10-9-11-19(16-18)23-8-2/h7,9-11,16,23H,1,8,12-15,17H2,2-6H3. The van der Waals surface area contributed by atoms with Gasteiger partial charge in [0, 0.05) is 44.0 Å². The highest BCUT2D eigenvalue weighted by Crippen LogP contribution is 2.36. The molecule has 1 amide bonds. The molecule has 0 unspecified atom stereocenters. The van der Waals surface area contributed by atoms with Crippen LogP contribution in [0.2, 0.25) is 0 Å². The van der Waals surface area contributed by atoms with Crippen LogP contribution in [0.1, 0.15) is 46.6 Å². The Balaban J connectivity index is 2.06. The lowest BCUT2D eigenvalue weighted by molar-refractivity contribution is -0.128. The molecule has 1 aliphatic heterocycles. The molecule has 144 valence electrons. The monoisotopic (exact) mass is 357 g/mol. The normalized spacial score (nSPS) is 16.4. The first kappa shape index (κ1) is 20.5. The molecule has 1 aromatic rings. The molecule has 0 atom stereocenters. The zero-order valence-corrected chi connectivity index (χ0v) is 17.1. The van der Waals surface area contributed by atoms with E-state index in [-0.39, 0.29) is 16.9 Å². The van der Waals surface area contributed by atoms with Gasteiger partial charge in [0.2, 0.25) is 5.91 Å². The van der Waals surface area contributed by atoms with Crippen molar-refractivity contribution in [2.75, 3.05) is 38.0 Å². The lowest BCUT2D eigenvalue weighted by atomic mass is 9.74. The molecule has 4 nitrogen and oxygen atoms in total. The summed E-state index contributed by atoms with van der Waals surface area (Å²) in [6, 6.07) is 8.78. The van der Waals surface area contributed by atoms with Crippen LogP contribution in [-0.2, 0) is 10.2 Å². The van der Waals surface area contributed by atoms with Crippen LogP contribution >= 0.6 is 0 Å². The molecule has 1 saturated heterocycles. The number of nitrogens with zero attached hydrogens (tertiary/aromatic N) is 2. The van der Waals surface area contributed by atoms with Gasteiger partial charge < -0.3 is 10.2 Å². The van der Waals surface area contributed by atoms with Crippen LogP contribution in [0.15, 0.2) is 36.9 Å². The minimum absolute atomic E-state index is 0.0445. The zero-order valence-electron chi connectivity index (χ0n) is 17.1. The molecular weight excluding hydrogens is 322 g/mol. The molecule has 1 aromatic carbocycles. The SMILES string of the molecule is C=CC(=O)N1CCN(C(C)(C)CC(C)(C)c2cccc(NCC)c2)CC1. The number of benzene rings is 1. The fourth-order valence-corrected chi connectivity index (χ4v) is 4.21. The van der Waals surface area contributed by atoms with Crippen LogP contribution in [0.3, 0.4) is 0 Å². The number of piperazine rings is 1. The van der Waals surface area contributed by atoms with Crippen molar-refractivity contribution in [2.45, 2.75) is 52.0 Å². The predicted molar refractivity (Wildman–Crippen MR) is 111 cm³/mol. The minimum atomic E-state index is 0.0445. The van der Waals surface area contributed by atoms with E-state index in [1.165, 1.54) is 17.3 Å². The van der Waals surface area contributed by atoms with Gasteiger partial charge in [-0.25, -0.2) is 0 Å². The van der Waals surface area contributed by atoms with Gasteiger partial charge in [-0.2, -0.15) is 0 Å². The van der Waals surface area contributed by atoms with Crippen molar-refractivity contribution in [3.8, 4) is 0 Å². The van der Waals surface area contributed by atoms with Crippen LogP contribution < -0.4 is 5.32 Å². The summed E-state index contributed by atoms with van der Waals surface area (Å²) in [6.45, 7) is 19.4. The van der Waals surface area contributed by atoms with Gasteiger partial charge in [-0.3, -0.25) is 9.69 Å². The molecule has 0 saturated carbocycles. The molecule has 1 fully saturated rings. The van der Waals surface area contributed by atoms with Crippen molar-refractivity contribution in [1.82, 2.24) is 9.80 Å². The van der Waals surface area contributed by atoms with Gasteiger partial charge in [-0.15, -0.1) is 0 Å². The second kappa shape index (κ2) is 8.26. The fraction of sp³-hybridized carbons (Fsp3) is 0.591. The number of anilines is 1. The van der Waals surface area contributed by atoms with Gasteiger partial charge in [0.25, 0.3) is 0 Å². The Kier molecular flexibility index (Phi) is 6.51. The second-order valence-electron chi connectivity index (χ2n) is 8.50. The number of amides is 1. The summed E-state index contributed by atoms with van der Waals surface area (Å²) < 4.78 is 0. The molecule has 1 heterocycles. The van der Waals surface area contributed by atoms with Crippen molar-refractivity contribution in [3.05, 3.63) is 42.5 Å².